The second-order valence-electron chi connectivity index (χ2n) is 6.00. The van der Waals surface area contributed by atoms with Crippen LogP contribution in [-0.2, 0) is 13.6 Å². The number of fused-ring (bicyclic) bond motifs is 1. The van der Waals surface area contributed by atoms with Gasteiger partial charge in [-0.1, -0.05) is 51.0 Å². The van der Waals surface area contributed by atoms with Crippen molar-refractivity contribution in [3.05, 3.63) is 35.9 Å². The second kappa shape index (κ2) is 9.23. The van der Waals surface area contributed by atoms with Gasteiger partial charge in [-0.05, 0) is 31.4 Å². The van der Waals surface area contributed by atoms with Gasteiger partial charge in [0.2, 0.25) is 0 Å². The number of hydrogen-bond acceptors (Lipinski definition) is 5. The molecule has 0 atom stereocenters. The predicted molar refractivity (Wildman–Crippen MR) is 100 cm³/mol. The first-order chi connectivity index (χ1) is 12.0. The Kier molecular flexibility index (Phi) is 7.30. The lowest BCUT2D eigenvalue weighted by Gasteiger charge is -2.21. The highest BCUT2D eigenvalue weighted by Crippen LogP contribution is 2.52. The maximum Gasteiger partial charge on any atom is 0.530 e. The van der Waals surface area contributed by atoms with E-state index in [4.69, 9.17) is 13.6 Å². The van der Waals surface area contributed by atoms with Crippen molar-refractivity contribution in [3.63, 3.8) is 0 Å². The number of rotatable bonds is 10. The quantitative estimate of drug-likeness (QED) is 0.414. The normalized spacial score (nSPS) is 11.8. The highest BCUT2D eigenvalue weighted by molar-refractivity contribution is 7.49. The average molecular weight is 366 g/mol. The fourth-order valence-corrected chi connectivity index (χ4v) is 3.78. The summed E-state index contributed by atoms with van der Waals surface area (Å²) in [5, 5.41) is 11.4. The molecule has 0 saturated carbocycles. The van der Waals surface area contributed by atoms with E-state index < -0.39 is 7.82 Å². The molecule has 0 amide bonds. The standard InChI is InChI=1S/C19H27O5P/c1-4-6-12-22-25(21,23-13-7-5-2)24-19-15(3)14-18(20)16-10-8-9-11-17(16)19/h8-11,14,20H,4-7,12-13H2,1-3H3. The number of phosphoric ester groups is 1. The summed E-state index contributed by atoms with van der Waals surface area (Å²) in [5.74, 6) is 0.582. The van der Waals surface area contributed by atoms with Crippen LogP contribution in [-0.4, -0.2) is 18.3 Å². The van der Waals surface area contributed by atoms with E-state index in [1.807, 2.05) is 32.0 Å². The number of aryl methyl sites for hydroxylation is 1. The van der Waals surface area contributed by atoms with Crippen molar-refractivity contribution in [1.82, 2.24) is 0 Å². The molecule has 25 heavy (non-hydrogen) atoms. The molecule has 0 spiro atoms. The van der Waals surface area contributed by atoms with Crippen LogP contribution in [0.1, 0.15) is 45.1 Å². The maximum atomic E-state index is 13.1. The van der Waals surface area contributed by atoms with E-state index in [9.17, 15) is 9.67 Å². The predicted octanol–water partition coefficient (Wildman–Crippen LogP) is 5.97. The molecule has 0 aliphatic carbocycles. The summed E-state index contributed by atoms with van der Waals surface area (Å²) in [6, 6.07) is 8.88. The number of hydrogen-bond donors (Lipinski definition) is 1. The zero-order valence-electron chi connectivity index (χ0n) is 15.2. The molecule has 0 bridgehead atoms. The van der Waals surface area contributed by atoms with E-state index in [1.54, 1.807) is 19.1 Å². The molecule has 2 rings (SSSR count). The number of phenolic OH excluding ortho intramolecular Hbond substituents is 1. The van der Waals surface area contributed by atoms with Gasteiger partial charge in [0.25, 0.3) is 0 Å². The van der Waals surface area contributed by atoms with Crippen LogP contribution in [0.25, 0.3) is 10.8 Å². The summed E-state index contributed by atoms with van der Waals surface area (Å²) in [6.45, 7) is 6.49. The van der Waals surface area contributed by atoms with Gasteiger partial charge in [0, 0.05) is 10.8 Å². The van der Waals surface area contributed by atoms with Crippen molar-refractivity contribution in [2.24, 2.45) is 0 Å². The Balaban J connectivity index is 2.34. The highest BCUT2D eigenvalue weighted by Gasteiger charge is 2.30. The van der Waals surface area contributed by atoms with Gasteiger partial charge in [-0.2, -0.15) is 0 Å². The number of benzene rings is 2. The number of unbranched alkanes of at least 4 members (excludes halogenated alkanes) is 2. The zero-order valence-corrected chi connectivity index (χ0v) is 16.1. The summed E-state index contributed by atoms with van der Waals surface area (Å²) < 4.78 is 29.9. The number of aromatic hydroxyl groups is 1. The van der Waals surface area contributed by atoms with Crippen molar-refractivity contribution in [2.75, 3.05) is 13.2 Å². The smallest absolute Gasteiger partial charge is 0.507 e. The van der Waals surface area contributed by atoms with Crippen LogP contribution in [0, 0.1) is 6.92 Å². The Labute approximate surface area is 149 Å². The van der Waals surface area contributed by atoms with E-state index >= 15 is 0 Å². The van der Waals surface area contributed by atoms with Crippen LogP contribution < -0.4 is 4.52 Å². The monoisotopic (exact) mass is 366 g/mol. The first kappa shape index (κ1) is 19.8. The van der Waals surface area contributed by atoms with Gasteiger partial charge in [-0.15, -0.1) is 0 Å². The molecule has 2 aromatic rings. The molecule has 6 heteroatoms. The van der Waals surface area contributed by atoms with E-state index in [2.05, 4.69) is 0 Å². The summed E-state index contributed by atoms with van der Waals surface area (Å²) in [6.07, 6.45) is 3.41. The van der Waals surface area contributed by atoms with E-state index in [0.717, 1.165) is 25.7 Å². The third-order valence-electron chi connectivity index (χ3n) is 3.86. The van der Waals surface area contributed by atoms with Crippen LogP contribution in [0.3, 0.4) is 0 Å². The summed E-state index contributed by atoms with van der Waals surface area (Å²) >= 11 is 0. The number of phosphoric acid groups is 1. The largest absolute Gasteiger partial charge is 0.530 e. The van der Waals surface area contributed by atoms with Crippen LogP contribution in [0.15, 0.2) is 30.3 Å². The first-order valence-electron chi connectivity index (χ1n) is 8.80. The Hall–Kier alpha value is -1.55. The van der Waals surface area contributed by atoms with Gasteiger partial charge < -0.3 is 9.63 Å². The Morgan fingerprint density at radius 2 is 1.56 bits per heavy atom. The third kappa shape index (κ3) is 5.21. The van der Waals surface area contributed by atoms with Gasteiger partial charge in [0.1, 0.15) is 11.5 Å². The van der Waals surface area contributed by atoms with Gasteiger partial charge in [-0.25, -0.2) is 4.57 Å². The topological polar surface area (TPSA) is 65.0 Å². The SMILES string of the molecule is CCCCOP(=O)(OCCCC)Oc1c(C)cc(O)c2ccccc12. The number of phenols is 1. The lowest BCUT2D eigenvalue weighted by atomic mass is 10.1. The van der Waals surface area contributed by atoms with Gasteiger partial charge in [0.05, 0.1) is 13.2 Å². The van der Waals surface area contributed by atoms with Crippen molar-refractivity contribution >= 4 is 18.6 Å². The highest BCUT2D eigenvalue weighted by atomic mass is 31.2. The molecule has 0 saturated heterocycles. The third-order valence-corrected chi connectivity index (χ3v) is 5.26. The minimum absolute atomic E-state index is 0.161. The van der Waals surface area contributed by atoms with Gasteiger partial charge >= 0.3 is 7.82 Å². The molecule has 2 aromatic carbocycles. The van der Waals surface area contributed by atoms with E-state index in [0.29, 0.717) is 35.3 Å². The molecule has 138 valence electrons. The Morgan fingerprint density at radius 1 is 1.00 bits per heavy atom. The molecule has 0 aromatic heterocycles. The minimum Gasteiger partial charge on any atom is -0.507 e. The van der Waals surface area contributed by atoms with Gasteiger partial charge in [-0.3, -0.25) is 9.05 Å². The molecule has 0 fully saturated rings. The van der Waals surface area contributed by atoms with E-state index in [1.165, 1.54) is 0 Å². The van der Waals surface area contributed by atoms with Crippen LogP contribution in [0.4, 0.5) is 0 Å². The minimum atomic E-state index is -3.73. The van der Waals surface area contributed by atoms with Crippen molar-refractivity contribution < 1.29 is 23.2 Å². The Bertz CT molecular complexity index is 730. The lowest BCUT2D eigenvalue weighted by Crippen LogP contribution is -2.06. The van der Waals surface area contributed by atoms with Crippen LogP contribution >= 0.6 is 7.82 Å². The summed E-state index contributed by atoms with van der Waals surface area (Å²) in [7, 11) is -3.73. The fourth-order valence-electron chi connectivity index (χ4n) is 2.43. The zero-order chi connectivity index (χ0) is 18.3. The van der Waals surface area contributed by atoms with E-state index in [-0.39, 0.29) is 5.75 Å². The summed E-state index contributed by atoms with van der Waals surface area (Å²) in [4.78, 5) is 0. The molecular formula is C19H27O5P. The summed E-state index contributed by atoms with van der Waals surface area (Å²) in [5.41, 5.74) is 0.676. The molecule has 5 nitrogen and oxygen atoms in total. The molecule has 0 aliphatic rings. The van der Waals surface area contributed by atoms with Crippen molar-refractivity contribution in [2.45, 2.75) is 46.5 Å². The van der Waals surface area contributed by atoms with Gasteiger partial charge in [0.15, 0.2) is 0 Å². The van der Waals surface area contributed by atoms with Crippen LogP contribution in [0.2, 0.25) is 0 Å². The first-order valence-corrected chi connectivity index (χ1v) is 10.3. The molecule has 0 unspecified atom stereocenters. The lowest BCUT2D eigenvalue weighted by molar-refractivity contribution is 0.152. The molecule has 0 heterocycles. The maximum absolute atomic E-state index is 13.1. The Morgan fingerprint density at radius 3 is 2.12 bits per heavy atom. The second-order valence-corrected chi connectivity index (χ2v) is 7.59. The fraction of sp³-hybridized carbons (Fsp3) is 0.474. The van der Waals surface area contributed by atoms with Crippen LogP contribution in [0.5, 0.6) is 11.5 Å². The molecule has 0 radical (unpaired) electrons. The molecular weight excluding hydrogens is 339 g/mol. The van der Waals surface area contributed by atoms with Crippen molar-refractivity contribution in [3.8, 4) is 11.5 Å². The average Bonchev–Trinajstić information content (AvgIpc) is 2.59. The van der Waals surface area contributed by atoms with Crippen molar-refractivity contribution in [1.29, 1.82) is 0 Å². The molecule has 1 N–H and O–H groups in total. The molecule has 0 aliphatic heterocycles.